The predicted octanol–water partition coefficient (Wildman–Crippen LogP) is 13.6. The minimum absolute atomic E-state index is 0.248. The number of nitrogens with zero attached hydrogens (tertiary/aromatic N) is 4. The molecule has 0 radical (unpaired) electrons. The summed E-state index contributed by atoms with van der Waals surface area (Å²) < 4.78 is 10.3. The summed E-state index contributed by atoms with van der Waals surface area (Å²) in [7, 11) is 0. The standard InChI is InChI=1S/C51H32N4OS/c1-3-12-31(13-4-1)49-52-50(32-14-5-2-6-15-32)54-51(53-49)40-18-11-21-45-48(40)41-28-33(23-27-44(41)56-45)34-22-25-38-39-26-24-35(30-47(39)57-46(38)29-34)55-42-19-9-7-16-36(42)37-17-8-10-20-43(37)55/h1-29,35H,30H2. The first-order valence-corrected chi connectivity index (χ1v) is 20.1. The van der Waals surface area contributed by atoms with Crippen molar-refractivity contribution in [1.82, 2.24) is 19.5 Å². The molecular formula is C51H32N4OS. The van der Waals surface area contributed by atoms with Gasteiger partial charge in [0.2, 0.25) is 0 Å². The first kappa shape index (κ1) is 32.1. The normalized spacial score (nSPS) is 14.0. The van der Waals surface area contributed by atoms with E-state index in [4.69, 9.17) is 19.4 Å². The highest BCUT2D eigenvalue weighted by atomic mass is 32.1. The van der Waals surface area contributed by atoms with Crippen molar-refractivity contribution in [3.8, 4) is 45.3 Å². The molecule has 12 rings (SSSR count). The highest BCUT2D eigenvalue weighted by Gasteiger charge is 2.24. The Bertz CT molecular complexity index is 3280. The van der Waals surface area contributed by atoms with Crippen molar-refractivity contribution in [3.63, 3.8) is 0 Å². The zero-order chi connectivity index (χ0) is 37.5. The maximum Gasteiger partial charge on any atom is 0.164 e. The number of benzene rings is 7. The monoisotopic (exact) mass is 748 g/mol. The summed E-state index contributed by atoms with van der Waals surface area (Å²) in [6.45, 7) is 0. The molecule has 57 heavy (non-hydrogen) atoms. The first-order valence-electron chi connectivity index (χ1n) is 19.3. The minimum atomic E-state index is 0.248. The highest BCUT2D eigenvalue weighted by Crippen LogP contribution is 2.43. The van der Waals surface area contributed by atoms with E-state index in [2.05, 4.69) is 108 Å². The van der Waals surface area contributed by atoms with Crippen LogP contribution in [0.4, 0.5) is 0 Å². The second-order valence-corrected chi connectivity index (χ2v) is 15.9. The van der Waals surface area contributed by atoms with Crippen LogP contribution in [0, 0.1) is 0 Å². The fourth-order valence-electron chi connectivity index (χ4n) is 8.76. The molecule has 0 bridgehead atoms. The summed E-state index contributed by atoms with van der Waals surface area (Å²) in [4.78, 5) is 16.5. The average molecular weight is 749 g/mol. The number of para-hydroxylation sites is 2. The third-order valence-electron chi connectivity index (χ3n) is 11.4. The van der Waals surface area contributed by atoms with Crippen LogP contribution in [-0.2, 0) is 6.42 Å². The molecule has 0 spiro atoms. The average Bonchev–Trinajstić information content (AvgIpc) is 3.95. The van der Waals surface area contributed by atoms with Crippen LogP contribution >= 0.6 is 11.3 Å². The van der Waals surface area contributed by atoms with Gasteiger partial charge in [-0.2, -0.15) is 0 Å². The van der Waals surface area contributed by atoms with Gasteiger partial charge in [0.25, 0.3) is 0 Å². The van der Waals surface area contributed by atoms with E-state index in [1.165, 1.54) is 47.9 Å². The van der Waals surface area contributed by atoms with Gasteiger partial charge in [0, 0.05) is 65.3 Å². The summed E-state index contributed by atoms with van der Waals surface area (Å²) in [6, 6.07) is 57.6. The maximum atomic E-state index is 6.48. The number of thiophene rings is 1. The third kappa shape index (κ3) is 5.18. The zero-order valence-corrected chi connectivity index (χ0v) is 31.4. The lowest BCUT2D eigenvalue weighted by atomic mass is 9.96. The molecular weight excluding hydrogens is 717 g/mol. The zero-order valence-electron chi connectivity index (χ0n) is 30.6. The Hall–Kier alpha value is -7.15. The molecule has 4 heterocycles. The SMILES string of the molecule is C1=CC(n2c3ccccc3c3ccccc32)Cc2sc3cc(-c4ccc5oc6cccc(-c7nc(-c8ccccc8)nc(-c8ccccc8)n7)c6c5c4)ccc3c21. The number of furan rings is 1. The lowest BCUT2D eigenvalue weighted by Gasteiger charge is -2.21. The Morgan fingerprint density at radius 1 is 0.509 bits per heavy atom. The van der Waals surface area contributed by atoms with Gasteiger partial charge in [-0.1, -0.05) is 140 Å². The quantitative estimate of drug-likeness (QED) is 0.176. The molecule has 0 fully saturated rings. The van der Waals surface area contributed by atoms with E-state index in [1.807, 2.05) is 84.1 Å². The van der Waals surface area contributed by atoms with Gasteiger partial charge < -0.3 is 8.98 Å². The van der Waals surface area contributed by atoms with Gasteiger partial charge in [0.05, 0.1) is 6.04 Å². The Morgan fingerprint density at radius 3 is 1.86 bits per heavy atom. The van der Waals surface area contributed by atoms with Crippen LogP contribution in [0.5, 0.6) is 0 Å². The van der Waals surface area contributed by atoms with E-state index in [-0.39, 0.29) is 6.04 Å². The van der Waals surface area contributed by atoms with Crippen LogP contribution in [0.2, 0.25) is 0 Å². The Labute approximate surface area is 331 Å². The molecule has 0 aliphatic heterocycles. The van der Waals surface area contributed by atoms with Gasteiger partial charge in [0.15, 0.2) is 17.5 Å². The van der Waals surface area contributed by atoms with Crippen LogP contribution < -0.4 is 0 Å². The number of aromatic nitrogens is 4. The van der Waals surface area contributed by atoms with Crippen molar-refractivity contribution in [1.29, 1.82) is 0 Å². The highest BCUT2D eigenvalue weighted by molar-refractivity contribution is 7.19. The van der Waals surface area contributed by atoms with E-state index in [0.717, 1.165) is 50.6 Å². The van der Waals surface area contributed by atoms with Crippen molar-refractivity contribution in [3.05, 3.63) is 180 Å². The summed E-state index contributed by atoms with van der Waals surface area (Å²) >= 11 is 1.92. The van der Waals surface area contributed by atoms with Crippen molar-refractivity contribution in [2.75, 3.05) is 0 Å². The van der Waals surface area contributed by atoms with Gasteiger partial charge in [-0.05, 0) is 58.5 Å². The summed E-state index contributed by atoms with van der Waals surface area (Å²) in [5.74, 6) is 1.88. The third-order valence-corrected chi connectivity index (χ3v) is 12.6. The minimum Gasteiger partial charge on any atom is -0.456 e. The van der Waals surface area contributed by atoms with Gasteiger partial charge in [-0.25, -0.2) is 15.0 Å². The number of rotatable bonds is 5. The second kappa shape index (κ2) is 12.7. The number of hydrogen-bond donors (Lipinski definition) is 0. The van der Waals surface area contributed by atoms with Crippen molar-refractivity contribution in [2.24, 2.45) is 0 Å². The lowest BCUT2D eigenvalue weighted by Crippen LogP contribution is -2.11. The van der Waals surface area contributed by atoms with Crippen LogP contribution in [0.3, 0.4) is 0 Å². The largest absolute Gasteiger partial charge is 0.456 e. The number of allylic oxidation sites excluding steroid dienone is 1. The van der Waals surface area contributed by atoms with E-state index >= 15 is 0 Å². The molecule has 268 valence electrons. The van der Waals surface area contributed by atoms with E-state index in [1.54, 1.807) is 0 Å². The topological polar surface area (TPSA) is 56.7 Å². The van der Waals surface area contributed by atoms with E-state index < -0.39 is 0 Å². The van der Waals surface area contributed by atoms with Crippen LogP contribution in [0.25, 0.3) is 105 Å². The molecule has 6 heteroatoms. The van der Waals surface area contributed by atoms with E-state index in [9.17, 15) is 0 Å². The van der Waals surface area contributed by atoms with Crippen LogP contribution in [-0.4, -0.2) is 19.5 Å². The molecule has 7 aromatic carbocycles. The first-order chi connectivity index (χ1) is 28.2. The molecule has 1 aliphatic carbocycles. The van der Waals surface area contributed by atoms with Crippen LogP contribution in [0.15, 0.2) is 174 Å². The molecule has 4 aromatic heterocycles. The van der Waals surface area contributed by atoms with E-state index in [0.29, 0.717) is 17.5 Å². The summed E-state index contributed by atoms with van der Waals surface area (Å²) in [6.07, 6.45) is 5.72. The lowest BCUT2D eigenvalue weighted by molar-refractivity contribution is 0.642. The molecule has 0 saturated heterocycles. The Morgan fingerprint density at radius 2 is 1.14 bits per heavy atom. The van der Waals surface area contributed by atoms with Gasteiger partial charge >= 0.3 is 0 Å². The second-order valence-electron chi connectivity index (χ2n) is 14.7. The fraction of sp³-hybridized carbons (Fsp3) is 0.0392. The van der Waals surface area contributed by atoms with Crippen molar-refractivity contribution >= 4 is 71.2 Å². The molecule has 0 amide bonds. The van der Waals surface area contributed by atoms with Gasteiger partial charge in [-0.15, -0.1) is 11.3 Å². The Balaban J connectivity index is 0.949. The molecule has 1 atom stereocenters. The van der Waals surface area contributed by atoms with Crippen LogP contribution in [0.1, 0.15) is 16.5 Å². The van der Waals surface area contributed by atoms with Gasteiger partial charge in [0.1, 0.15) is 11.2 Å². The molecule has 1 unspecified atom stereocenters. The fourth-order valence-corrected chi connectivity index (χ4v) is 10.0. The Kier molecular flexibility index (Phi) is 7.16. The van der Waals surface area contributed by atoms with Crippen molar-refractivity contribution < 1.29 is 4.42 Å². The van der Waals surface area contributed by atoms with Gasteiger partial charge in [-0.3, -0.25) is 0 Å². The summed E-state index contributed by atoms with van der Waals surface area (Å²) in [5, 5.41) is 5.96. The van der Waals surface area contributed by atoms with Crippen molar-refractivity contribution in [2.45, 2.75) is 12.5 Å². The maximum absolute atomic E-state index is 6.48. The molecule has 0 N–H and O–H groups in total. The number of hydrogen-bond acceptors (Lipinski definition) is 5. The smallest absolute Gasteiger partial charge is 0.164 e. The molecule has 5 nitrogen and oxygen atoms in total. The predicted molar refractivity (Wildman–Crippen MR) is 235 cm³/mol. The number of fused-ring (bicyclic) bond motifs is 9. The molecule has 1 aliphatic rings. The summed E-state index contributed by atoms with van der Waals surface area (Å²) in [5.41, 5.74) is 10.6. The molecule has 11 aromatic rings. The molecule has 0 saturated carbocycles.